The van der Waals surface area contributed by atoms with Crippen molar-refractivity contribution in [2.75, 3.05) is 13.6 Å². The van der Waals surface area contributed by atoms with Crippen LogP contribution in [0.2, 0.25) is 5.02 Å². The Kier molecular flexibility index (Phi) is 5.50. The first-order chi connectivity index (χ1) is 10.4. The van der Waals surface area contributed by atoms with Crippen LogP contribution in [0.3, 0.4) is 0 Å². The van der Waals surface area contributed by atoms with Crippen LogP contribution < -0.4 is 0 Å². The normalized spacial score (nSPS) is 12.6. The lowest BCUT2D eigenvalue weighted by Crippen LogP contribution is -2.33. The van der Waals surface area contributed by atoms with Gasteiger partial charge in [-0.3, -0.25) is 9.69 Å². The summed E-state index contributed by atoms with van der Waals surface area (Å²) in [7, 11) is 1.65. The van der Waals surface area contributed by atoms with Gasteiger partial charge in [0, 0.05) is 22.0 Å². The summed E-state index contributed by atoms with van der Waals surface area (Å²) in [5, 5.41) is 9.60. The number of aliphatic carboxylic acids is 1. The van der Waals surface area contributed by atoms with Crippen molar-refractivity contribution in [1.82, 2.24) is 9.88 Å². The van der Waals surface area contributed by atoms with E-state index in [1.54, 1.807) is 17.5 Å². The first-order valence-corrected chi connectivity index (χ1v) is 7.93. The number of aryl methyl sites for hydroxylation is 1. The van der Waals surface area contributed by atoms with Gasteiger partial charge in [-0.25, -0.2) is 9.37 Å². The molecule has 22 heavy (non-hydrogen) atoms. The van der Waals surface area contributed by atoms with E-state index < -0.39 is 17.8 Å². The molecular weight excluding hydrogens is 327 g/mol. The zero-order valence-corrected chi connectivity index (χ0v) is 13.8. The van der Waals surface area contributed by atoms with E-state index in [9.17, 15) is 14.3 Å². The van der Waals surface area contributed by atoms with Gasteiger partial charge in [0.1, 0.15) is 11.9 Å². The highest BCUT2D eigenvalue weighted by atomic mass is 35.5. The second kappa shape index (κ2) is 7.17. The topological polar surface area (TPSA) is 53.4 Å². The van der Waals surface area contributed by atoms with Crippen LogP contribution >= 0.6 is 22.9 Å². The Balaban J connectivity index is 2.21. The number of benzene rings is 1. The van der Waals surface area contributed by atoms with Crippen molar-refractivity contribution in [1.29, 1.82) is 0 Å². The minimum Gasteiger partial charge on any atom is -0.480 e. The van der Waals surface area contributed by atoms with E-state index in [0.717, 1.165) is 10.6 Å². The number of aromatic nitrogens is 1. The van der Waals surface area contributed by atoms with Gasteiger partial charge >= 0.3 is 5.97 Å². The maximum atomic E-state index is 14.0. The van der Waals surface area contributed by atoms with Crippen LogP contribution in [0, 0.1) is 12.7 Å². The number of carboxylic acids is 1. The van der Waals surface area contributed by atoms with Gasteiger partial charge in [-0.1, -0.05) is 17.7 Å². The number of thiazole rings is 1. The average molecular weight is 343 g/mol. The number of hydrogen-bond donors (Lipinski definition) is 1. The Morgan fingerprint density at radius 3 is 2.82 bits per heavy atom. The van der Waals surface area contributed by atoms with Crippen LogP contribution in [-0.4, -0.2) is 34.6 Å². The Morgan fingerprint density at radius 1 is 1.55 bits per heavy atom. The molecule has 4 nitrogen and oxygen atoms in total. The standard InChI is InChI=1S/C15H16ClFN2O2S/c1-9-12(22-8-18-9)6-7-19(2)14(15(20)21)13-10(16)4-3-5-11(13)17/h3-5,8,14H,6-7H2,1-2H3,(H,20,21)/t14-/m1/s1. The summed E-state index contributed by atoms with van der Waals surface area (Å²) in [5.74, 6) is -1.74. The van der Waals surface area contributed by atoms with Gasteiger partial charge < -0.3 is 5.11 Å². The molecule has 0 unspecified atom stereocenters. The molecule has 0 saturated heterocycles. The third-order valence-corrected chi connectivity index (χ3v) is 4.81. The summed E-state index contributed by atoms with van der Waals surface area (Å²) < 4.78 is 14.0. The van der Waals surface area contributed by atoms with Gasteiger partial charge in [-0.05, 0) is 32.5 Å². The predicted octanol–water partition coefficient (Wildman–Crippen LogP) is 3.54. The maximum absolute atomic E-state index is 14.0. The van der Waals surface area contributed by atoms with E-state index in [0.29, 0.717) is 13.0 Å². The quantitative estimate of drug-likeness (QED) is 0.872. The molecule has 1 N–H and O–H groups in total. The van der Waals surface area contributed by atoms with Crippen molar-refractivity contribution in [3.63, 3.8) is 0 Å². The van der Waals surface area contributed by atoms with Gasteiger partial charge in [-0.15, -0.1) is 11.3 Å². The highest BCUT2D eigenvalue weighted by Crippen LogP contribution is 2.30. The molecule has 1 heterocycles. The minimum atomic E-state index is -1.13. The smallest absolute Gasteiger partial charge is 0.325 e. The lowest BCUT2D eigenvalue weighted by atomic mass is 10.0. The first-order valence-electron chi connectivity index (χ1n) is 6.67. The second-order valence-electron chi connectivity index (χ2n) is 4.97. The summed E-state index contributed by atoms with van der Waals surface area (Å²) >= 11 is 7.53. The van der Waals surface area contributed by atoms with Crippen molar-refractivity contribution < 1.29 is 14.3 Å². The molecule has 0 bridgehead atoms. The molecule has 1 aromatic heterocycles. The minimum absolute atomic E-state index is 0.000179. The Bertz CT molecular complexity index is 657. The third kappa shape index (κ3) is 3.63. The van der Waals surface area contributed by atoms with E-state index in [1.807, 2.05) is 6.92 Å². The average Bonchev–Trinajstić information content (AvgIpc) is 2.85. The lowest BCUT2D eigenvalue weighted by molar-refractivity contribution is -0.143. The zero-order chi connectivity index (χ0) is 16.3. The fourth-order valence-electron chi connectivity index (χ4n) is 2.28. The third-order valence-electron chi connectivity index (χ3n) is 3.48. The molecular formula is C15H16ClFN2O2S. The molecule has 118 valence electrons. The fourth-order valence-corrected chi connectivity index (χ4v) is 3.31. The number of halogens is 2. The van der Waals surface area contributed by atoms with Gasteiger partial charge in [-0.2, -0.15) is 0 Å². The van der Waals surface area contributed by atoms with Crippen molar-refractivity contribution >= 4 is 28.9 Å². The summed E-state index contributed by atoms with van der Waals surface area (Å²) in [4.78, 5) is 18.4. The molecule has 0 fully saturated rings. The molecule has 7 heteroatoms. The van der Waals surface area contributed by atoms with Crippen LogP contribution in [0.4, 0.5) is 4.39 Å². The highest BCUT2D eigenvalue weighted by molar-refractivity contribution is 7.09. The molecule has 0 aliphatic rings. The van der Waals surface area contributed by atoms with Gasteiger partial charge in [0.2, 0.25) is 0 Å². The maximum Gasteiger partial charge on any atom is 0.325 e. The molecule has 1 atom stereocenters. The van der Waals surface area contributed by atoms with Crippen molar-refractivity contribution in [3.05, 3.63) is 50.7 Å². The monoisotopic (exact) mass is 342 g/mol. The molecule has 0 saturated carbocycles. The van der Waals surface area contributed by atoms with Crippen LogP contribution in [0.1, 0.15) is 22.2 Å². The molecule has 0 aliphatic heterocycles. The van der Waals surface area contributed by atoms with E-state index in [1.165, 1.54) is 29.5 Å². The van der Waals surface area contributed by atoms with Gasteiger partial charge in [0.05, 0.1) is 11.2 Å². The Labute approximate surface area is 137 Å². The number of hydrogen-bond acceptors (Lipinski definition) is 4. The molecule has 2 rings (SSSR count). The highest BCUT2D eigenvalue weighted by Gasteiger charge is 2.29. The molecule has 0 spiro atoms. The van der Waals surface area contributed by atoms with E-state index in [4.69, 9.17) is 11.6 Å². The van der Waals surface area contributed by atoms with Crippen LogP contribution in [0.15, 0.2) is 23.7 Å². The van der Waals surface area contributed by atoms with Gasteiger partial charge in [0.15, 0.2) is 0 Å². The van der Waals surface area contributed by atoms with E-state index in [-0.39, 0.29) is 10.6 Å². The second-order valence-corrected chi connectivity index (χ2v) is 6.31. The molecule has 2 aromatic rings. The van der Waals surface area contributed by atoms with Crippen molar-refractivity contribution in [3.8, 4) is 0 Å². The van der Waals surface area contributed by atoms with E-state index in [2.05, 4.69) is 4.98 Å². The van der Waals surface area contributed by atoms with Crippen LogP contribution in [0.25, 0.3) is 0 Å². The number of carboxylic acid groups (broad SMARTS) is 1. The van der Waals surface area contributed by atoms with Crippen LogP contribution in [0.5, 0.6) is 0 Å². The Morgan fingerprint density at radius 2 is 2.27 bits per heavy atom. The first kappa shape index (κ1) is 16.9. The Hall–Kier alpha value is -1.50. The van der Waals surface area contributed by atoms with Crippen LogP contribution in [-0.2, 0) is 11.2 Å². The molecule has 0 radical (unpaired) electrons. The summed E-state index contributed by atoms with van der Waals surface area (Å²) in [5.41, 5.74) is 2.70. The van der Waals surface area contributed by atoms with Crippen molar-refractivity contribution in [2.24, 2.45) is 0 Å². The summed E-state index contributed by atoms with van der Waals surface area (Å²) in [6.45, 7) is 2.37. The van der Waals surface area contributed by atoms with Crippen molar-refractivity contribution in [2.45, 2.75) is 19.4 Å². The fraction of sp³-hybridized carbons (Fsp3) is 0.333. The molecule has 1 aromatic carbocycles. The largest absolute Gasteiger partial charge is 0.480 e. The molecule has 0 amide bonds. The zero-order valence-electron chi connectivity index (χ0n) is 12.2. The predicted molar refractivity (Wildman–Crippen MR) is 85.0 cm³/mol. The summed E-state index contributed by atoms with van der Waals surface area (Å²) in [6, 6.07) is 3.05. The SMILES string of the molecule is Cc1ncsc1CCN(C)[C@@H](C(=O)O)c1c(F)cccc1Cl. The number of carbonyl (C=O) groups is 1. The number of rotatable bonds is 6. The van der Waals surface area contributed by atoms with E-state index >= 15 is 0 Å². The summed E-state index contributed by atoms with van der Waals surface area (Å²) in [6.07, 6.45) is 0.656. The molecule has 0 aliphatic carbocycles. The number of likely N-dealkylation sites (N-methyl/N-ethyl adjacent to an activating group) is 1. The number of nitrogens with zero attached hydrogens (tertiary/aromatic N) is 2. The lowest BCUT2D eigenvalue weighted by Gasteiger charge is -2.25. The van der Waals surface area contributed by atoms with Gasteiger partial charge in [0.25, 0.3) is 0 Å².